The second-order valence-corrected chi connectivity index (χ2v) is 4.68. The molecule has 1 fully saturated rings. The zero-order valence-electron chi connectivity index (χ0n) is 11.1. The normalized spacial score (nSPS) is 19.1. The van der Waals surface area contributed by atoms with Crippen molar-refractivity contribution in [3.8, 4) is 5.75 Å². The van der Waals surface area contributed by atoms with Gasteiger partial charge in [-0.05, 0) is 43.5 Å². The second kappa shape index (κ2) is 6.43. The highest BCUT2D eigenvalue weighted by Gasteiger charge is 2.25. The largest absolute Gasteiger partial charge is 0.497 e. The van der Waals surface area contributed by atoms with Crippen molar-refractivity contribution in [1.29, 1.82) is 0 Å². The minimum absolute atomic E-state index is 0.0238. The van der Waals surface area contributed by atoms with Crippen LogP contribution >= 0.6 is 0 Å². The molecule has 0 aromatic heterocycles. The minimum atomic E-state index is -0.149. The van der Waals surface area contributed by atoms with Crippen molar-refractivity contribution in [3.05, 3.63) is 24.3 Å². The maximum atomic E-state index is 12.2. The van der Waals surface area contributed by atoms with Crippen LogP contribution in [0.25, 0.3) is 0 Å². The van der Waals surface area contributed by atoms with E-state index >= 15 is 0 Å². The van der Waals surface area contributed by atoms with Crippen molar-refractivity contribution in [2.75, 3.05) is 25.6 Å². The first-order valence-electron chi connectivity index (χ1n) is 6.57. The lowest BCUT2D eigenvalue weighted by Gasteiger charge is -2.34. The fourth-order valence-electron chi connectivity index (χ4n) is 2.33. The van der Waals surface area contributed by atoms with Gasteiger partial charge in [-0.1, -0.05) is 0 Å². The number of methoxy groups -OCH3 is 1. The summed E-state index contributed by atoms with van der Waals surface area (Å²) in [4.78, 5) is 13.9. The Bertz CT molecular complexity index is 419. The number of hydrogen-bond donors (Lipinski definition) is 2. The van der Waals surface area contributed by atoms with Crippen molar-refractivity contribution in [3.63, 3.8) is 0 Å². The summed E-state index contributed by atoms with van der Waals surface area (Å²) in [5.74, 6) is 0.754. The first-order chi connectivity index (χ1) is 9.24. The van der Waals surface area contributed by atoms with Gasteiger partial charge in [0, 0.05) is 12.2 Å². The van der Waals surface area contributed by atoms with E-state index < -0.39 is 0 Å². The van der Waals surface area contributed by atoms with E-state index in [0.29, 0.717) is 6.54 Å². The number of anilines is 1. The summed E-state index contributed by atoms with van der Waals surface area (Å²) in [7, 11) is 1.60. The van der Waals surface area contributed by atoms with Crippen LogP contribution in [0.5, 0.6) is 5.75 Å². The fraction of sp³-hybridized carbons (Fsp3) is 0.500. The van der Waals surface area contributed by atoms with E-state index in [1.165, 1.54) is 0 Å². The van der Waals surface area contributed by atoms with E-state index in [0.717, 1.165) is 30.7 Å². The minimum Gasteiger partial charge on any atom is -0.497 e. The van der Waals surface area contributed by atoms with E-state index in [9.17, 15) is 9.90 Å². The van der Waals surface area contributed by atoms with E-state index in [2.05, 4.69) is 5.32 Å². The fourth-order valence-corrected chi connectivity index (χ4v) is 2.33. The smallest absolute Gasteiger partial charge is 0.322 e. The van der Waals surface area contributed by atoms with Crippen molar-refractivity contribution in [1.82, 2.24) is 4.90 Å². The molecule has 0 bridgehead atoms. The van der Waals surface area contributed by atoms with Gasteiger partial charge in [0.25, 0.3) is 0 Å². The number of rotatable bonds is 3. The molecule has 1 atom stereocenters. The zero-order chi connectivity index (χ0) is 13.7. The average Bonchev–Trinajstić information content (AvgIpc) is 2.48. The molecule has 0 radical (unpaired) electrons. The van der Waals surface area contributed by atoms with Crippen LogP contribution in [0.15, 0.2) is 24.3 Å². The third-order valence-corrected chi connectivity index (χ3v) is 3.44. The van der Waals surface area contributed by atoms with Crippen LogP contribution in [-0.2, 0) is 0 Å². The molecular weight excluding hydrogens is 244 g/mol. The molecule has 1 heterocycles. The first kappa shape index (κ1) is 13.7. The highest BCUT2D eigenvalue weighted by Crippen LogP contribution is 2.19. The molecule has 0 aliphatic carbocycles. The number of aliphatic hydroxyl groups excluding tert-OH is 1. The number of nitrogens with zero attached hydrogens (tertiary/aromatic N) is 1. The number of aliphatic hydroxyl groups is 1. The Morgan fingerprint density at radius 1 is 1.42 bits per heavy atom. The monoisotopic (exact) mass is 264 g/mol. The van der Waals surface area contributed by atoms with E-state index in [1.807, 2.05) is 0 Å². The Labute approximate surface area is 113 Å². The molecule has 1 aromatic carbocycles. The predicted molar refractivity (Wildman–Crippen MR) is 73.4 cm³/mol. The molecule has 5 nitrogen and oxygen atoms in total. The van der Waals surface area contributed by atoms with Crippen molar-refractivity contribution in [2.45, 2.75) is 25.3 Å². The van der Waals surface area contributed by atoms with Gasteiger partial charge in [0.1, 0.15) is 5.75 Å². The third-order valence-electron chi connectivity index (χ3n) is 3.44. The third kappa shape index (κ3) is 3.38. The SMILES string of the molecule is COc1ccc(NC(=O)N2CCCCC2CO)cc1. The summed E-state index contributed by atoms with van der Waals surface area (Å²) in [5, 5.41) is 12.2. The summed E-state index contributed by atoms with van der Waals surface area (Å²) in [6.45, 7) is 0.725. The number of hydrogen-bond acceptors (Lipinski definition) is 3. The molecule has 1 unspecified atom stereocenters. The van der Waals surface area contributed by atoms with Crippen LogP contribution in [0.1, 0.15) is 19.3 Å². The maximum Gasteiger partial charge on any atom is 0.322 e. The standard InChI is InChI=1S/C14H20N2O3/c1-19-13-7-5-11(6-8-13)15-14(18)16-9-3-2-4-12(16)10-17/h5-8,12,17H,2-4,9-10H2,1H3,(H,15,18). The molecule has 0 spiro atoms. The molecule has 2 N–H and O–H groups in total. The molecule has 5 heteroatoms. The van der Waals surface area contributed by atoms with Gasteiger partial charge < -0.3 is 20.1 Å². The van der Waals surface area contributed by atoms with E-state index in [1.54, 1.807) is 36.3 Å². The second-order valence-electron chi connectivity index (χ2n) is 4.68. The molecule has 19 heavy (non-hydrogen) atoms. The van der Waals surface area contributed by atoms with Gasteiger partial charge in [0.05, 0.1) is 19.8 Å². The highest BCUT2D eigenvalue weighted by atomic mass is 16.5. The van der Waals surface area contributed by atoms with Gasteiger partial charge in [-0.15, -0.1) is 0 Å². The topological polar surface area (TPSA) is 61.8 Å². The zero-order valence-corrected chi connectivity index (χ0v) is 11.1. The lowest BCUT2D eigenvalue weighted by atomic mass is 10.0. The molecule has 0 saturated carbocycles. The van der Waals surface area contributed by atoms with Crippen molar-refractivity contribution >= 4 is 11.7 Å². The van der Waals surface area contributed by atoms with Crippen molar-refractivity contribution in [2.24, 2.45) is 0 Å². The Morgan fingerprint density at radius 2 is 2.16 bits per heavy atom. The molecule has 1 aromatic rings. The summed E-state index contributed by atoms with van der Waals surface area (Å²) in [6.07, 6.45) is 2.93. The van der Waals surface area contributed by atoms with Gasteiger partial charge in [0.2, 0.25) is 0 Å². The maximum absolute atomic E-state index is 12.2. The van der Waals surface area contributed by atoms with Crippen LogP contribution < -0.4 is 10.1 Å². The molecule has 2 rings (SSSR count). The van der Waals surface area contributed by atoms with Crippen LogP contribution in [-0.4, -0.2) is 42.3 Å². The number of benzene rings is 1. The number of ether oxygens (including phenoxy) is 1. The Balaban J connectivity index is 1.98. The van der Waals surface area contributed by atoms with Crippen LogP contribution in [0.2, 0.25) is 0 Å². The van der Waals surface area contributed by atoms with Gasteiger partial charge >= 0.3 is 6.03 Å². The quantitative estimate of drug-likeness (QED) is 0.878. The van der Waals surface area contributed by atoms with Gasteiger partial charge in [-0.3, -0.25) is 0 Å². The van der Waals surface area contributed by atoms with Gasteiger partial charge in [-0.25, -0.2) is 4.79 Å². The van der Waals surface area contributed by atoms with Crippen LogP contribution in [0.4, 0.5) is 10.5 Å². The Hall–Kier alpha value is -1.75. The molecular formula is C14H20N2O3. The molecule has 1 saturated heterocycles. The lowest BCUT2D eigenvalue weighted by molar-refractivity contribution is 0.115. The number of carbonyl (C=O) groups is 1. The number of amides is 2. The van der Waals surface area contributed by atoms with Crippen LogP contribution in [0, 0.1) is 0 Å². The molecule has 104 valence electrons. The summed E-state index contributed by atoms with van der Waals surface area (Å²) in [5.41, 5.74) is 0.730. The Morgan fingerprint density at radius 3 is 2.79 bits per heavy atom. The van der Waals surface area contributed by atoms with Gasteiger partial charge in [-0.2, -0.15) is 0 Å². The molecule has 1 aliphatic heterocycles. The number of piperidine rings is 1. The first-order valence-corrected chi connectivity index (χ1v) is 6.57. The lowest BCUT2D eigenvalue weighted by Crippen LogP contribution is -2.47. The Kier molecular flexibility index (Phi) is 4.63. The number of urea groups is 1. The number of nitrogens with one attached hydrogen (secondary N) is 1. The average molecular weight is 264 g/mol. The predicted octanol–water partition coefficient (Wildman–Crippen LogP) is 2.07. The van der Waals surface area contributed by atoms with E-state index in [4.69, 9.17) is 4.74 Å². The number of likely N-dealkylation sites (tertiary alicyclic amines) is 1. The van der Waals surface area contributed by atoms with Crippen molar-refractivity contribution < 1.29 is 14.6 Å². The molecule has 2 amide bonds. The molecule has 1 aliphatic rings. The summed E-state index contributed by atoms with van der Waals surface area (Å²) < 4.78 is 5.07. The van der Waals surface area contributed by atoms with Crippen LogP contribution in [0.3, 0.4) is 0 Å². The summed E-state index contributed by atoms with van der Waals surface area (Å²) in [6, 6.07) is 6.99. The highest BCUT2D eigenvalue weighted by molar-refractivity contribution is 5.89. The van der Waals surface area contributed by atoms with E-state index in [-0.39, 0.29) is 18.7 Å². The summed E-state index contributed by atoms with van der Waals surface area (Å²) >= 11 is 0. The van der Waals surface area contributed by atoms with Gasteiger partial charge in [0.15, 0.2) is 0 Å². The number of carbonyl (C=O) groups excluding carboxylic acids is 1.